The SMILES string of the molecule is CC/C=C/C/C=C/C/C=C/CCCCCCCCC(=O)OC(COCCC(C(=O)[O-])[N+](C)(C)C)COC(=O)CCCCCCC/C=C/C=C/C=C/C=C/CCCCC. The molecule has 2 unspecified atom stereocenters. The van der Waals surface area contributed by atoms with Crippen molar-refractivity contribution in [2.45, 2.75) is 174 Å². The third-order valence-corrected chi connectivity index (χ3v) is 9.61. The van der Waals surface area contributed by atoms with E-state index in [-0.39, 0.29) is 42.7 Å². The largest absolute Gasteiger partial charge is 0.544 e. The molecule has 0 saturated carbocycles. The highest BCUT2D eigenvalue weighted by Gasteiger charge is 2.25. The van der Waals surface area contributed by atoms with Gasteiger partial charge in [-0.25, -0.2) is 0 Å². The number of hydrogen-bond acceptors (Lipinski definition) is 7. The molecule has 0 aromatic heterocycles. The highest BCUT2D eigenvalue weighted by atomic mass is 16.6. The molecule has 0 aliphatic rings. The third kappa shape index (κ3) is 38.1. The summed E-state index contributed by atoms with van der Waals surface area (Å²) >= 11 is 0. The van der Waals surface area contributed by atoms with E-state index in [4.69, 9.17) is 14.2 Å². The Morgan fingerprint density at radius 2 is 1.03 bits per heavy atom. The molecule has 0 rings (SSSR count). The van der Waals surface area contributed by atoms with Crippen molar-refractivity contribution in [1.29, 1.82) is 0 Å². The molecule has 58 heavy (non-hydrogen) atoms. The maximum Gasteiger partial charge on any atom is 0.306 e. The summed E-state index contributed by atoms with van der Waals surface area (Å²) in [6, 6.07) is -0.737. The van der Waals surface area contributed by atoms with Crippen molar-refractivity contribution in [1.82, 2.24) is 0 Å². The van der Waals surface area contributed by atoms with Crippen LogP contribution in [0.4, 0.5) is 0 Å². The average Bonchev–Trinajstić information content (AvgIpc) is 3.18. The lowest BCUT2D eigenvalue weighted by molar-refractivity contribution is -0.889. The molecule has 0 amide bonds. The number of likely N-dealkylation sites (N-methyl/N-ethyl adjacent to an activating group) is 1. The second-order valence-corrected chi connectivity index (χ2v) is 16.0. The Kier molecular flexibility index (Phi) is 37.9. The van der Waals surface area contributed by atoms with Crippen LogP contribution in [0.5, 0.6) is 0 Å². The van der Waals surface area contributed by atoms with E-state index in [0.717, 1.165) is 96.3 Å². The van der Waals surface area contributed by atoms with E-state index in [2.05, 4.69) is 92.8 Å². The molecule has 8 heteroatoms. The lowest BCUT2D eigenvalue weighted by atomic mass is 10.1. The predicted molar refractivity (Wildman–Crippen MR) is 240 cm³/mol. The minimum absolute atomic E-state index is 0.0223. The number of nitrogens with zero attached hydrogens (tertiary/aromatic N) is 1. The standard InChI is InChI=1S/C50H83NO7/c1-6-8-10-12-14-16-18-20-22-24-25-27-28-30-32-34-36-38-40-48(52)57-45-46(44-56-43-42-47(50(54)55)51(3,4)5)58-49(53)41-39-37-35-33-31-29-26-23-21-19-17-15-13-11-9-7-2/h9,11,14-18,20-25,27,46-47H,6-8,10,12-13,19,26,28-45H2,1-5H3/b11-9+,16-14+,17-15+,20-18+,23-21+,24-22+,27-25+. The Morgan fingerprint density at radius 3 is 1.59 bits per heavy atom. The van der Waals surface area contributed by atoms with E-state index in [0.29, 0.717) is 12.8 Å². The molecule has 2 atom stereocenters. The van der Waals surface area contributed by atoms with Gasteiger partial charge in [-0.2, -0.15) is 0 Å². The Bertz CT molecular complexity index is 1220. The van der Waals surface area contributed by atoms with Crippen LogP contribution in [0.25, 0.3) is 0 Å². The van der Waals surface area contributed by atoms with Crippen LogP contribution in [0.3, 0.4) is 0 Å². The normalized spacial score (nSPS) is 13.7. The molecule has 0 aromatic rings. The van der Waals surface area contributed by atoms with Crippen LogP contribution in [0.15, 0.2) is 85.1 Å². The summed E-state index contributed by atoms with van der Waals surface area (Å²) in [5.74, 6) is -1.79. The van der Waals surface area contributed by atoms with Gasteiger partial charge in [-0.05, 0) is 70.6 Å². The van der Waals surface area contributed by atoms with E-state index < -0.39 is 18.1 Å². The van der Waals surface area contributed by atoms with Crippen LogP contribution in [0, 0.1) is 0 Å². The van der Waals surface area contributed by atoms with E-state index in [1.807, 2.05) is 6.08 Å². The number of quaternary nitrogens is 1. The quantitative estimate of drug-likeness (QED) is 0.0200. The molecule has 0 N–H and O–H groups in total. The molecule has 8 nitrogen and oxygen atoms in total. The molecule has 0 aliphatic heterocycles. The molecular weight excluding hydrogens is 727 g/mol. The van der Waals surface area contributed by atoms with Crippen LogP contribution >= 0.6 is 0 Å². The number of allylic oxidation sites excluding steroid dienone is 14. The minimum atomic E-state index is -1.13. The van der Waals surface area contributed by atoms with Gasteiger partial charge in [-0.3, -0.25) is 9.59 Å². The average molecular weight is 810 g/mol. The first-order chi connectivity index (χ1) is 28.1. The first-order valence-electron chi connectivity index (χ1n) is 22.7. The Morgan fingerprint density at radius 1 is 0.552 bits per heavy atom. The zero-order valence-electron chi connectivity index (χ0n) is 37.4. The zero-order chi connectivity index (χ0) is 42.8. The van der Waals surface area contributed by atoms with Gasteiger partial charge in [0.1, 0.15) is 12.6 Å². The van der Waals surface area contributed by atoms with Gasteiger partial charge in [-0.1, -0.05) is 157 Å². The second-order valence-electron chi connectivity index (χ2n) is 16.0. The fraction of sp³-hybridized carbons (Fsp3) is 0.660. The predicted octanol–water partition coefficient (Wildman–Crippen LogP) is 11.2. The number of aliphatic carboxylic acids is 1. The van der Waals surface area contributed by atoms with Gasteiger partial charge in [0, 0.05) is 19.3 Å². The van der Waals surface area contributed by atoms with Crippen LogP contribution in [0.1, 0.15) is 162 Å². The first kappa shape index (κ1) is 54.5. The van der Waals surface area contributed by atoms with Crippen LogP contribution in [-0.2, 0) is 28.6 Å². The molecule has 0 fully saturated rings. The molecular formula is C50H83NO7. The number of carbonyl (C=O) groups is 3. The van der Waals surface area contributed by atoms with Crippen molar-refractivity contribution in [2.24, 2.45) is 0 Å². The highest BCUT2D eigenvalue weighted by Crippen LogP contribution is 2.13. The van der Waals surface area contributed by atoms with E-state index in [1.165, 1.54) is 32.1 Å². The Balaban J connectivity index is 4.42. The summed E-state index contributed by atoms with van der Waals surface area (Å²) in [5, 5.41) is 11.6. The highest BCUT2D eigenvalue weighted by molar-refractivity contribution is 5.70. The topological polar surface area (TPSA) is 102 Å². The van der Waals surface area contributed by atoms with Gasteiger partial charge in [0.15, 0.2) is 6.10 Å². The maximum absolute atomic E-state index is 12.7. The Hall–Kier alpha value is -3.49. The summed E-state index contributed by atoms with van der Waals surface area (Å²) < 4.78 is 17.1. The number of hydrogen-bond donors (Lipinski definition) is 0. The fourth-order valence-electron chi connectivity index (χ4n) is 6.10. The van der Waals surface area contributed by atoms with Gasteiger partial charge in [0.25, 0.3) is 0 Å². The smallest absolute Gasteiger partial charge is 0.306 e. The number of esters is 2. The zero-order valence-corrected chi connectivity index (χ0v) is 37.4. The minimum Gasteiger partial charge on any atom is -0.544 e. The number of carboxylic acid groups (broad SMARTS) is 1. The number of unbranched alkanes of at least 4 members (excludes halogenated alkanes) is 14. The summed E-state index contributed by atoms with van der Waals surface area (Å²) in [6.07, 6.45) is 51.7. The van der Waals surface area contributed by atoms with E-state index >= 15 is 0 Å². The lowest BCUT2D eigenvalue weighted by Crippen LogP contribution is -2.55. The lowest BCUT2D eigenvalue weighted by Gasteiger charge is -2.34. The van der Waals surface area contributed by atoms with Crippen LogP contribution < -0.4 is 5.11 Å². The van der Waals surface area contributed by atoms with Crippen molar-refractivity contribution in [3.63, 3.8) is 0 Å². The number of rotatable bonds is 39. The second kappa shape index (κ2) is 40.3. The van der Waals surface area contributed by atoms with Gasteiger partial charge in [-0.15, -0.1) is 0 Å². The van der Waals surface area contributed by atoms with E-state index in [9.17, 15) is 19.5 Å². The van der Waals surface area contributed by atoms with Crippen molar-refractivity contribution in [3.05, 3.63) is 85.1 Å². The monoisotopic (exact) mass is 810 g/mol. The molecule has 0 saturated heterocycles. The number of ether oxygens (including phenoxy) is 3. The molecule has 0 spiro atoms. The summed E-state index contributed by atoms with van der Waals surface area (Å²) in [6.45, 7) is 4.46. The molecule has 0 aliphatic carbocycles. The fourth-order valence-corrected chi connectivity index (χ4v) is 6.10. The van der Waals surface area contributed by atoms with Crippen molar-refractivity contribution >= 4 is 17.9 Å². The van der Waals surface area contributed by atoms with Crippen LogP contribution in [-0.4, -0.2) is 75.5 Å². The molecule has 0 aromatic carbocycles. The number of carbonyl (C=O) groups excluding carboxylic acids is 3. The van der Waals surface area contributed by atoms with Crippen molar-refractivity contribution < 1.29 is 38.2 Å². The third-order valence-electron chi connectivity index (χ3n) is 9.61. The molecule has 0 radical (unpaired) electrons. The van der Waals surface area contributed by atoms with Gasteiger partial charge in [0.2, 0.25) is 0 Å². The van der Waals surface area contributed by atoms with Gasteiger partial charge < -0.3 is 28.6 Å². The first-order valence-corrected chi connectivity index (χ1v) is 22.7. The molecule has 330 valence electrons. The van der Waals surface area contributed by atoms with Gasteiger partial charge >= 0.3 is 11.9 Å². The number of carboxylic acids is 1. The molecule has 0 heterocycles. The Labute approximate surface area is 354 Å². The van der Waals surface area contributed by atoms with Gasteiger partial charge in [0.05, 0.1) is 40.3 Å². The summed E-state index contributed by atoms with van der Waals surface area (Å²) in [4.78, 5) is 36.9. The summed E-state index contributed by atoms with van der Waals surface area (Å²) in [7, 11) is 5.38. The summed E-state index contributed by atoms with van der Waals surface area (Å²) in [5.41, 5.74) is 0. The van der Waals surface area contributed by atoms with Crippen molar-refractivity contribution in [2.75, 3.05) is 41.0 Å². The van der Waals surface area contributed by atoms with Crippen molar-refractivity contribution in [3.8, 4) is 0 Å². The molecule has 0 bridgehead atoms. The van der Waals surface area contributed by atoms with Crippen LogP contribution in [0.2, 0.25) is 0 Å². The van der Waals surface area contributed by atoms with E-state index in [1.54, 1.807) is 21.1 Å². The maximum atomic E-state index is 12.7.